The molecule has 3 aromatic heterocycles. The number of anilines is 1. The van der Waals surface area contributed by atoms with Crippen LogP contribution < -0.4 is 10.9 Å². The Morgan fingerprint density at radius 1 is 1.13 bits per heavy atom. The van der Waals surface area contributed by atoms with E-state index in [2.05, 4.69) is 32.5 Å². The Hall–Kier alpha value is -3.81. The zero-order valence-corrected chi connectivity index (χ0v) is 16.8. The molecule has 1 N–H and O–H groups in total. The van der Waals surface area contributed by atoms with Gasteiger partial charge < -0.3 is 5.32 Å². The molecule has 152 valence electrons. The number of carbonyl (C=O) groups excluding carboxylic acids is 1. The van der Waals surface area contributed by atoms with Crippen molar-refractivity contribution in [3.05, 3.63) is 88.5 Å². The van der Waals surface area contributed by atoms with Crippen molar-refractivity contribution in [1.29, 1.82) is 0 Å². The molecule has 4 rings (SSSR count). The van der Waals surface area contributed by atoms with E-state index in [1.165, 1.54) is 17.2 Å². The van der Waals surface area contributed by atoms with Gasteiger partial charge in [-0.15, -0.1) is 0 Å². The third kappa shape index (κ3) is 4.12. The first-order valence-electron chi connectivity index (χ1n) is 9.73. The molecule has 1 aromatic carbocycles. The van der Waals surface area contributed by atoms with Crippen LogP contribution in [0.1, 0.15) is 36.7 Å². The van der Waals surface area contributed by atoms with Crippen molar-refractivity contribution in [2.45, 2.75) is 32.7 Å². The molecule has 0 saturated carbocycles. The fourth-order valence-corrected chi connectivity index (χ4v) is 3.33. The van der Waals surface area contributed by atoms with Gasteiger partial charge in [-0.25, -0.2) is 14.6 Å². The summed E-state index contributed by atoms with van der Waals surface area (Å²) in [6.07, 6.45) is 5.55. The molecule has 0 aliphatic carbocycles. The number of aromatic nitrogens is 5. The summed E-state index contributed by atoms with van der Waals surface area (Å²) in [7, 11) is 0. The number of carbonyl (C=O) groups is 1. The number of nitrogens with zero attached hydrogens (tertiary/aromatic N) is 5. The van der Waals surface area contributed by atoms with Crippen LogP contribution in [0.25, 0.3) is 5.52 Å². The Morgan fingerprint density at radius 3 is 2.63 bits per heavy atom. The lowest BCUT2D eigenvalue weighted by molar-refractivity contribution is -0.117. The fraction of sp³-hybridized carbons (Fsp3) is 0.227. The molecule has 0 spiro atoms. The molecule has 0 bridgehead atoms. The minimum Gasteiger partial charge on any atom is -0.309 e. The molecule has 30 heavy (non-hydrogen) atoms. The van der Waals surface area contributed by atoms with Crippen LogP contribution in [-0.4, -0.2) is 30.1 Å². The van der Waals surface area contributed by atoms with Crippen LogP contribution in [0.5, 0.6) is 0 Å². The molecule has 8 nitrogen and oxygen atoms in total. The van der Waals surface area contributed by atoms with Gasteiger partial charge in [-0.2, -0.15) is 5.10 Å². The lowest BCUT2D eigenvalue weighted by Crippen LogP contribution is -2.32. The van der Waals surface area contributed by atoms with E-state index >= 15 is 0 Å². The molecule has 4 aromatic rings. The lowest BCUT2D eigenvalue weighted by Gasteiger charge is -2.12. The van der Waals surface area contributed by atoms with Crippen LogP contribution in [-0.2, 0) is 17.8 Å². The first-order valence-corrected chi connectivity index (χ1v) is 9.73. The van der Waals surface area contributed by atoms with Crippen LogP contribution in [0.3, 0.4) is 0 Å². The van der Waals surface area contributed by atoms with Gasteiger partial charge in [0.2, 0.25) is 5.91 Å². The van der Waals surface area contributed by atoms with E-state index in [9.17, 15) is 9.59 Å². The molecule has 0 aliphatic rings. The van der Waals surface area contributed by atoms with Crippen molar-refractivity contribution in [3.8, 4) is 0 Å². The van der Waals surface area contributed by atoms with Crippen LogP contribution in [0.4, 0.5) is 5.82 Å². The van der Waals surface area contributed by atoms with Crippen molar-refractivity contribution < 1.29 is 4.79 Å². The average Bonchev–Trinajstić information content (AvgIpc) is 3.15. The van der Waals surface area contributed by atoms with Gasteiger partial charge in [0, 0.05) is 18.3 Å². The van der Waals surface area contributed by atoms with Crippen molar-refractivity contribution in [2.75, 3.05) is 5.32 Å². The number of fused-ring (bicyclic) bond motifs is 1. The number of nitrogens with one attached hydrogen (secondary N) is 1. The molecular formula is C22H22N6O2. The molecule has 1 amide bonds. The van der Waals surface area contributed by atoms with Gasteiger partial charge in [0.1, 0.15) is 30.0 Å². The summed E-state index contributed by atoms with van der Waals surface area (Å²) in [6, 6.07) is 13.5. The van der Waals surface area contributed by atoms with Gasteiger partial charge >= 0.3 is 0 Å². The molecule has 0 saturated heterocycles. The highest BCUT2D eigenvalue weighted by Crippen LogP contribution is 2.17. The third-order valence-electron chi connectivity index (χ3n) is 4.71. The van der Waals surface area contributed by atoms with Crippen molar-refractivity contribution in [3.63, 3.8) is 0 Å². The highest BCUT2D eigenvalue weighted by molar-refractivity contribution is 5.89. The number of amides is 1. The summed E-state index contributed by atoms with van der Waals surface area (Å²) in [6.45, 7) is 3.82. The summed E-state index contributed by atoms with van der Waals surface area (Å²) >= 11 is 0. The number of rotatable bonds is 6. The van der Waals surface area contributed by atoms with Crippen LogP contribution >= 0.6 is 0 Å². The molecule has 0 atom stereocenters. The molecule has 0 unspecified atom stereocenters. The smallest absolute Gasteiger partial charge is 0.291 e. The van der Waals surface area contributed by atoms with Crippen LogP contribution in [0.15, 0.2) is 66.0 Å². The van der Waals surface area contributed by atoms with Crippen LogP contribution in [0.2, 0.25) is 0 Å². The average molecular weight is 402 g/mol. The summed E-state index contributed by atoms with van der Waals surface area (Å²) in [4.78, 5) is 33.2. The standard InChI is InChI=1S/C22H22N6O2/c1-15(2)21-26-28(13-20(29)25-19-8-9-23-14-24-19)22(30)18-11-17(12-27(18)21)10-16-6-4-3-5-7-16/h3-9,11-12,14-15H,10,13H2,1-2H3,(H,23,24,25,29). The maximum absolute atomic E-state index is 13.0. The van der Waals surface area contributed by atoms with Gasteiger partial charge in [-0.05, 0) is 29.7 Å². The van der Waals surface area contributed by atoms with E-state index < -0.39 is 0 Å². The molecule has 0 aliphatic heterocycles. The van der Waals surface area contributed by atoms with E-state index in [1.807, 2.05) is 48.7 Å². The molecule has 8 heteroatoms. The Kier molecular flexibility index (Phi) is 5.38. The normalized spacial score (nSPS) is 11.2. The quantitative estimate of drug-likeness (QED) is 0.535. The zero-order valence-electron chi connectivity index (χ0n) is 16.8. The minimum absolute atomic E-state index is 0.0706. The maximum atomic E-state index is 13.0. The molecular weight excluding hydrogens is 380 g/mol. The van der Waals surface area contributed by atoms with Gasteiger partial charge in [0.25, 0.3) is 5.56 Å². The Balaban J connectivity index is 1.67. The lowest BCUT2D eigenvalue weighted by atomic mass is 10.1. The topological polar surface area (TPSA) is 94.2 Å². The highest BCUT2D eigenvalue weighted by Gasteiger charge is 2.17. The Labute approximate surface area is 173 Å². The number of hydrogen-bond acceptors (Lipinski definition) is 5. The van der Waals surface area contributed by atoms with Gasteiger partial charge in [-0.3, -0.25) is 14.0 Å². The van der Waals surface area contributed by atoms with Crippen molar-refractivity contribution in [1.82, 2.24) is 24.1 Å². The highest BCUT2D eigenvalue weighted by atomic mass is 16.2. The number of hydrogen-bond donors (Lipinski definition) is 1. The summed E-state index contributed by atoms with van der Waals surface area (Å²) < 4.78 is 3.05. The van der Waals surface area contributed by atoms with E-state index in [-0.39, 0.29) is 23.9 Å². The predicted molar refractivity (Wildman–Crippen MR) is 113 cm³/mol. The zero-order chi connectivity index (χ0) is 21.1. The first-order chi connectivity index (χ1) is 14.5. The van der Waals surface area contributed by atoms with Gasteiger partial charge in [0.05, 0.1) is 0 Å². The summed E-state index contributed by atoms with van der Waals surface area (Å²) in [5.41, 5.74) is 2.38. The van der Waals surface area contributed by atoms with E-state index in [1.54, 1.807) is 6.07 Å². The van der Waals surface area contributed by atoms with Crippen molar-refractivity contribution in [2.24, 2.45) is 0 Å². The van der Waals surface area contributed by atoms with Gasteiger partial charge in [0.15, 0.2) is 0 Å². The van der Waals surface area contributed by atoms with E-state index in [4.69, 9.17) is 0 Å². The van der Waals surface area contributed by atoms with Gasteiger partial charge in [-0.1, -0.05) is 44.2 Å². The molecule has 3 heterocycles. The van der Waals surface area contributed by atoms with E-state index in [0.717, 1.165) is 17.0 Å². The Bertz CT molecular complexity index is 1230. The number of benzene rings is 1. The van der Waals surface area contributed by atoms with Crippen LogP contribution in [0, 0.1) is 0 Å². The largest absolute Gasteiger partial charge is 0.309 e. The second-order valence-corrected chi connectivity index (χ2v) is 7.38. The molecule has 0 radical (unpaired) electrons. The third-order valence-corrected chi connectivity index (χ3v) is 4.71. The maximum Gasteiger partial charge on any atom is 0.291 e. The summed E-state index contributed by atoms with van der Waals surface area (Å²) in [5, 5.41) is 7.13. The summed E-state index contributed by atoms with van der Waals surface area (Å²) in [5.74, 6) is 0.791. The predicted octanol–water partition coefficient (Wildman–Crippen LogP) is 2.64. The molecule has 0 fully saturated rings. The van der Waals surface area contributed by atoms with E-state index in [0.29, 0.717) is 17.8 Å². The Morgan fingerprint density at radius 2 is 1.93 bits per heavy atom. The monoisotopic (exact) mass is 402 g/mol. The first kappa shape index (κ1) is 19.5. The SMILES string of the molecule is CC(C)c1nn(CC(=O)Nc2ccncn2)c(=O)c2cc(Cc3ccccc3)cn12. The minimum atomic E-state index is -0.376. The second kappa shape index (κ2) is 8.28. The van der Waals surface area contributed by atoms with Crippen molar-refractivity contribution >= 4 is 17.2 Å². The second-order valence-electron chi connectivity index (χ2n) is 7.38. The fourth-order valence-electron chi connectivity index (χ4n) is 3.33.